The van der Waals surface area contributed by atoms with E-state index in [0.29, 0.717) is 5.56 Å². The number of sulfonamides is 1. The molecule has 1 amide bonds. The van der Waals surface area contributed by atoms with Crippen LogP contribution in [0.15, 0.2) is 95.9 Å². The summed E-state index contributed by atoms with van der Waals surface area (Å²) in [6.07, 6.45) is 0. The van der Waals surface area contributed by atoms with Gasteiger partial charge in [0.1, 0.15) is 5.82 Å². The van der Waals surface area contributed by atoms with E-state index in [0.717, 1.165) is 15.9 Å². The smallest absolute Gasteiger partial charge is 0.243 e. The summed E-state index contributed by atoms with van der Waals surface area (Å²) in [6, 6.07) is 22.9. The number of rotatable bonds is 9. The van der Waals surface area contributed by atoms with Crippen molar-refractivity contribution in [2.45, 2.75) is 18.4 Å². The lowest BCUT2D eigenvalue weighted by atomic mass is 10.0. The molecule has 0 aromatic heterocycles. The molecule has 6 nitrogen and oxygen atoms in total. The van der Waals surface area contributed by atoms with Crippen LogP contribution in [-0.2, 0) is 21.4 Å². The zero-order chi connectivity index (χ0) is 28.2. The number of anilines is 1. The molecule has 0 saturated heterocycles. The number of hydrogen-bond acceptors (Lipinski definition) is 4. The van der Waals surface area contributed by atoms with Gasteiger partial charge >= 0.3 is 0 Å². The summed E-state index contributed by atoms with van der Waals surface area (Å²) in [6.45, 7) is 0.634. The van der Waals surface area contributed by atoms with Gasteiger partial charge in [0.15, 0.2) is 5.78 Å². The number of amides is 1. The average Bonchev–Trinajstić information content (AvgIpc) is 2.91. The standard InChI is InChI=1S/C29H23Cl2FN2O4S/c1-19-10-13-22(14-11-19)39(37,38)34(17-24-25(31)8-5-9-26(24)32)18-28(35)33-27-15-12-21(30)16-23(27)29(36)20-6-3-2-4-7-20/h2-16H,17-18H2,1H3,(H,33,35). The van der Waals surface area contributed by atoms with E-state index in [1.165, 1.54) is 42.5 Å². The van der Waals surface area contributed by atoms with Gasteiger partial charge in [0.2, 0.25) is 15.9 Å². The molecular weight excluding hydrogens is 562 g/mol. The molecule has 1 N–H and O–H groups in total. The van der Waals surface area contributed by atoms with Crippen molar-refractivity contribution in [3.63, 3.8) is 0 Å². The minimum Gasteiger partial charge on any atom is -0.324 e. The van der Waals surface area contributed by atoms with Crippen LogP contribution in [0.25, 0.3) is 0 Å². The van der Waals surface area contributed by atoms with E-state index in [9.17, 15) is 22.4 Å². The Kier molecular flexibility index (Phi) is 8.82. The second-order valence-corrected chi connectivity index (χ2v) is 11.5. The highest BCUT2D eigenvalue weighted by Crippen LogP contribution is 2.27. The molecule has 0 bridgehead atoms. The van der Waals surface area contributed by atoms with E-state index >= 15 is 0 Å². The second kappa shape index (κ2) is 12.1. The number of ketones is 1. The van der Waals surface area contributed by atoms with E-state index in [1.807, 2.05) is 0 Å². The van der Waals surface area contributed by atoms with Crippen LogP contribution in [-0.4, -0.2) is 31.0 Å². The summed E-state index contributed by atoms with van der Waals surface area (Å²) in [4.78, 5) is 26.3. The SMILES string of the molecule is Cc1ccc(S(=O)(=O)N(CC(=O)Nc2ccc(Cl)cc2C(=O)c2ccccc2)Cc2c(F)cccc2Cl)cc1. The van der Waals surface area contributed by atoms with Gasteiger partial charge in [-0.15, -0.1) is 0 Å². The molecule has 0 saturated carbocycles. The van der Waals surface area contributed by atoms with Gasteiger partial charge in [-0.1, -0.05) is 77.3 Å². The van der Waals surface area contributed by atoms with Gasteiger partial charge in [-0.3, -0.25) is 9.59 Å². The molecule has 200 valence electrons. The summed E-state index contributed by atoms with van der Waals surface area (Å²) in [7, 11) is -4.25. The average molecular weight is 585 g/mol. The molecule has 0 aliphatic rings. The second-order valence-electron chi connectivity index (χ2n) is 8.72. The van der Waals surface area contributed by atoms with Crippen LogP contribution in [0.1, 0.15) is 27.0 Å². The fourth-order valence-corrected chi connectivity index (χ4v) is 5.61. The molecule has 4 aromatic rings. The number of nitrogens with zero attached hydrogens (tertiary/aromatic N) is 1. The lowest BCUT2D eigenvalue weighted by molar-refractivity contribution is -0.116. The molecular formula is C29H23Cl2FN2O4S. The Balaban J connectivity index is 1.67. The first kappa shape index (κ1) is 28.4. The fraction of sp³-hybridized carbons (Fsp3) is 0.103. The van der Waals surface area contributed by atoms with Crippen molar-refractivity contribution in [1.29, 1.82) is 0 Å². The van der Waals surface area contributed by atoms with Gasteiger partial charge < -0.3 is 5.32 Å². The zero-order valence-corrected chi connectivity index (χ0v) is 23.0. The van der Waals surface area contributed by atoms with E-state index in [4.69, 9.17) is 23.2 Å². The molecule has 0 radical (unpaired) electrons. The van der Waals surface area contributed by atoms with Gasteiger partial charge in [-0.2, -0.15) is 4.31 Å². The van der Waals surface area contributed by atoms with Gasteiger partial charge in [0.25, 0.3) is 0 Å². The topological polar surface area (TPSA) is 83.6 Å². The van der Waals surface area contributed by atoms with E-state index in [1.54, 1.807) is 49.4 Å². The lowest BCUT2D eigenvalue weighted by Crippen LogP contribution is -2.38. The highest BCUT2D eigenvalue weighted by Gasteiger charge is 2.29. The van der Waals surface area contributed by atoms with Gasteiger partial charge in [-0.25, -0.2) is 12.8 Å². The maximum Gasteiger partial charge on any atom is 0.243 e. The normalized spacial score (nSPS) is 11.4. The Morgan fingerprint density at radius 1 is 0.897 bits per heavy atom. The molecule has 0 aliphatic carbocycles. The quantitative estimate of drug-likeness (QED) is 0.227. The molecule has 0 aliphatic heterocycles. The number of carbonyl (C=O) groups is 2. The first-order valence-corrected chi connectivity index (χ1v) is 13.9. The molecule has 4 rings (SSSR count). The predicted molar refractivity (Wildman–Crippen MR) is 150 cm³/mol. The minimum atomic E-state index is -4.25. The van der Waals surface area contributed by atoms with Crippen molar-refractivity contribution in [2.75, 3.05) is 11.9 Å². The van der Waals surface area contributed by atoms with E-state index < -0.39 is 34.8 Å². The Morgan fingerprint density at radius 3 is 2.26 bits per heavy atom. The van der Waals surface area contributed by atoms with E-state index in [2.05, 4.69) is 5.32 Å². The Hall–Kier alpha value is -3.56. The monoisotopic (exact) mass is 584 g/mol. The summed E-state index contributed by atoms with van der Waals surface area (Å²) >= 11 is 12.3. The van der Waals surface area contributed by atoms with Crippen LogP contribution in [0.2, 0.25) is 10.0 Å². The summed E-state index contributed by atoms with van der Waals surface area (Å²) < 4.78 is 42.6. The third-order valence-corrected chi connectivity index (χ3v) is 8.31. The number of carbonyl (C=O) groups excluding carboxylic acids is 2. The van der Waals surface area contributed by atoms with Crippen LogP contribution in [0.4, 0.5) is 10.1 Å². The zero-order valence-electron chi connectivity index (χ0n) is 20.7. The predicted octanol–water partition coefficient (Wildman–Crippen LogP) is 6.50. The van der Waals surface area contributed by atoms with Crippen LogP contribution in [0.3, 0.4) is 0 Å². The van der Waals surface area contributed by atoms with Gasteiger partial charge in [-0.05, 0) is 49.4 Å². The summed E-state index contributed by atoms with van der Waals surface area (Å²) in [5, 5.41) is 2.92. The van der Waals surface area contributed by atoms with Gasteiger partial charge in [0.05, 0.1) is 17.1 Å². The van der Waals surface area contributed by atoms with Crippen LogP contribution in [0, 0.1) is 12.7 Å². The molecule has 10 heteroatoms. The van der Waals surface area contributed by atoms with Crippen molar-refractivity contribution < 1.29 is 22.4 Å². The van der Waals surface area contributed by atoms with Crippen molar-refractivity contribution in [3.8, 4) is 0 Å². The minimum absolute atomic E-state index is 0.0213. The summed E-state index contributed by atoms with van der Waals surface area (Å²) in [5.41, 5.74) is 1.43. The molecule has 0 atom stereocenters. The number of benzene rings is 4. The molecule has 4 aromatic carbocycles. The summed E-state index contributed by atoms with van der Waals surface area (Å²) in [5.74, 6) is -1.83. The highest BCUT2D eigenvalue weighted by atomic mass is 35.5. The Labute approximate surface area is 236 Å². The lowest BCUT2D eigenvalue weighted by Gasteiger charge is -2.23. The molecule has 0 fully saturated rings. The molecule has 0 heterocycles. The number of aryl methyl sites for hydroxylation is 1. The molecule has 39 heavy (non-hydrogen) atoms. The first-order chi connectivity index (χ1) is 18.6. The number of halogens is 3. The van der Waals surface area contributed by atoms with Crippen molar-refractivity contribution in [3.05, 3.63) is 129 Å². The molecule has 0 unspecified atom stereocenters. The third-order valence-electron chi connectivity index (χ3n) is 5.91. The fourth-order valence-electron chi connectivity index (χ4n) is 3.85. The van der Waals surface area contributed by atoms with Crippen molar-refractivity contribution in [1.82, 2.24) is 4.31 Å². The van der Waals surface area contributed by atoms with E-state index in [-0.39, 0.29) is 37.5 Å². The van der Waals surface area contributed by atoms with Crippen LogP contribution >= 0.6 is 23.2 Å². The molecule has 0 spiro atoms. The number of nitrogens with one attached hydrogen (secondary N) is 1. The maximum absolute atomic E-state index is 14.6. The van der Waals surface area contributed by atoms with Crippen molar-refractivity contribution >= 4 is 50.6 Å². The maximum atomic E-state index is 14.6. The largest absolute Gasteiger partial charge is 0.324 e. The Morgan fingerprint density at radius 2 is 1.59 bits per heavy atom. The van der Waals surface area contributed by atoms with Gasteiger partial charge in [0, 0.05) is 33.3 Å². The number of hydrogen-bond donors (Lipinski definition) is 1. The first-order valence-electron chi connectivity index (χ1n) is 11.7. The van der Waals surface area contributed by atoms with Crippen molar-refractivity contribution in [2.24, 2.45) is 0 Å². The van der Waals surface area contributed by atoms with Crippen LogP contribution in [0.5, 0.6) is 0 Å². The highest BCUT2D eigenvalue weighted by molar-refractivity contribution is 7.89. The van der Waals surface area contributed by atoms with Crippen LogP contribution < -0.4 is 5.32 Å². The third kappa shape index (κ3) is 6.72. The Bertz CT molecular complexity index is 1610.